The lowest BCUT2D eigenvalue weighted by Gasteiger charge is -2.23. The molecule has 146 valence electrons. The molecule has 0 unspecified atom stereocenters. The zero-order valence-corrected chi connectivity index (χ0v) is 15.5. The molecule has 3 aromatic rings. The lowest BCUT2D eigenvalue weighted by molar-refractivity contribution is 0.149. The van der Waals surface area contributed by atoms with Crippen molar-refractivity contribution in [3.05, 3.63) is 63.5 Å². The summed E-state index contributed by atoms with van der Waals surface area (Å²) in [5, 5.41) is 3.29. The maximum atomic E-state index is 13.4. The molecule has 4 rings (SSSR count). The van der Waals surface area contributed by atoms with Crippen molar-refractivity contribution in [2.45, 2.75) is 38.7 Å². The number of aromatic nitrogens is 4. The number of fused-ring (bicyclic) bond motifs is 1. The van der Waals surface area contributed by atoms with Gasteiger partial charge in [-0.1, -0.05) is 0 Å². The zero-order valence-electron chi connectivity index (χ0n) is 15.5. The molecule has 8 heteroatoms. The van der Waals surface area contributed by atoms with Crippen LogP contribution in [0.1, 0.15) is 47.7 Å². The fourth-order valence-electron chi connectivity index (χ4n) is 3.74. The topological polar surface area (TPSA) is 72.7 Å². The highest BCUT2D eigenvalue weighted by Gasteiger charge is 2.23. The second-order valence-corrected chi connectivity index (χ2v) is 7.08. The van der Waals surface area contributed by atoms with Crippen LogP contribution >= 0.6 is 0 Å². The first-order valence-corrected chi connectivity index (χ1v) is 9.34. The van der Waals surface area contributed by atoms with Gasteiger partial charge < -0.3 is 5.32 Å². The molecule has 1 aliphatic rings. The Labute approximate surface area is 160 Å². The van der Waals surface area contributed by atoms with Crippen LogP contribution in [0, 0.1) is 6.92 Å². The largest absolute Gasteiger partial charge is 0.317 e. The van der Waals surface area contributed by atoms with Gasteiger partial charge in [-0.3, -0.25) is 19.3 Å². The van der Waals surface area contributed by atoms with Crippen molar-refractivity contribution in [1.82, 2.24) is 24.8 Å². The fourth-order valence-corrected chi connectivity index (χ4v) is 3.74. The van der Waals surface area contributed by atoms with Crippen LogP contribution in [-0.4, -0.2) is 32.6 Å². The van der Waals surface area contributed by atoms with E-state index in [9.17, 15) is 13.6 Å². The number of piperidine rings is 1. The minimum atomic E-state index is -2.66. The molecule has 0 amide bonds. The van der Waals surface area contributed by atoms with Crippen LogP contribution in [0.3, 0.4) is 0 Å². The van der Waals surface area contributed by atoms with Gasteiger partial charge in [-0.05, 0) is 57.0 Å². The highest BCUT2D eigenvalue weighted by molar-refractivity contribution is 5.71. The second kappa shape index (κ2) is 7.71. The summed E-state index contributed by atoms with van der Waals surface area (Å²) >= 11 is 0. The number of nitrogens with zero attached hydrogens (tertiary/aromatic N) is 4. The number of aryl methyl sites for hydroxylation is 1. The number of alkyl halides is 2. The van der Waals surface area contributed by atoms with Gasteiger partial charge in [0.15, 0.2) is 5.65 Å². The minimum absolute atomic E-state index is 0.0627. The van der Waals surface area contributed by atoms with Crippen molar-refractivity contribution in [1.29, 1.82) is 0 Å². The Balaban J connectivity index is 1.89. The normalized spacial score (nSPS) is 15.4. The van der Waals surface area contributed by atoms with Crippen LogP contribution < -0.4 is 10.9 Å². The molecule has 0 atom stereocenters. The number of hydrogen-bond acceptors (Lipinski definition) is 5. The van der Waals surface area contributed by atoms with E-state index in [1.54, 1.807) is 13.1 Å². The van der Waals surface area contributed by atoms with Crippen LogP contribution in [0.25, 0.3) is 11.2 Å². The first-order chi connectivity index (χ1) is 13.5. The standard InChI is InChI=1S/C20H21F2N5O/c1-12-10-25-16-9-15(13-4-7-23-8-5-13)20(28)27(19(16)26-12)11-17-14(18(21)22)3-2-6-24-17/h2-3,6,9-10,13,18,23H,4-5,7-8,11H2,1H3. The average molecular weight is 385 g/mol. The quantitative estimate of drug-likeness (QED) is 0.748. The SMILES string of the molecule is Cc1cnc2cc(C3CCNCC3)c(=O)n(Cc3ncccc3C(F)F)c2n1. The van der Waals surface area contributed by atoms with E-state index in [2.05, 4.69) is 20.3 Å². The van der Waals surface area contributed by atoms with Gasteiger partial charge in [-0.15, -0.1) is 0 Å². The molecule has 28 heavy (non-hydrogen) atoms. The van der Waals surface area contributed by atoms with Crippen molar-refractivity contribution < 1.29 is 8.78 Å². The smallest absolute Gasteiger partial charge is 0.265 e. The minimum Gasteiger partial charge on any atom is -0.317 e. The van der Waals surface area contributed by atoms with Gasteiger partial charge >= 0.3 is 0 Å². The first kappa shape index (κ1) is 18.6. The Hall–Kier alpha value is -2.74. The molecule has 0 aliphatic carbocycles. The molecule has 0 aromatic carbocycles. The van der Waals surface area contributed by atoms with Crippen molar-refractivity contribution >= 4 is 11.2 Å². The predicted molar refractivity (Wildman–Crippen MR) is 102 cm³/mol. The summed E-state index contributed by atoms with van der Waals surface area (Å²) in [6, 6.07) is 4.62. The van der Waals surface area contributed by atoms with Crippen molar-refractivity contribution in [2.24, 2.45) is 0 Å². The summed E-state index contributed by atoms with van der Waals surface area (Å²) in [4.78, 5) is 26.3. The van der Waals surface area contributed by atoms with E-state index in [1.165, 1.54) is 22.9 Å². The molecule has 4 heterocycles. The van der Waals surface area contributed by atoms with Crippen LogP contribution in [-0.2, 0) is 6.54 Å². The van der Waals surface area contributed by atoms with E-state index in [0.717, 1.165) is 25.9 Å². The molecule has 1 fully saturated rings. The van der Waals surface area contributed by atoms with E-state index in [-0.39, 0.29) is 29.3 Å². The van der Waals surface area contributed by atoms with E-state index in [4.69, 9.17) is 0 Å². The van der Waals surface area contributed by atoms with E-state index in [0.29, 0.717) is 22.4 Å². The Kier molecular flexibility index (Phi) is 5.13. The third kappa shape index (κ3) is 3.52. The summed E-state index contributed by atoms with van der Waals surface area (Å²) in [5.74, 6) is 0.116. The Morgan fingerprint density at radius 1 is 1.29 bits per heavy atom. The van der Waals surface area contributed by atoms with E-state index >= 15 is 0 Å². The van der Waals surface area contributed by atoms with Crippen LogP contribution in [0.15, 0.2) is 35.4 Å². The number of nitrogens with one attached hydrogen (secondary N) is 1. The fraction of sp³-hybridized carbons (Fsp3) is 0.400. The molecular weight excluding hydrogens is 364 g/mol. The molecule has 0 radical (unpaired) electrons. The Morgan fingerprint density at radius 2 is 2.07 bits per heavy atom. The van der Waals surface area contributed by atoms with Gasteiger partial charge in [0.05, 0.1) is 17.9 Å². The van der Waals surface area contributed by atoms with Gasteiger partial charge in [0.1, 0.15) is 5.52 Å². The zero-order chi connectivity index (χ0) is 19.7. The summed E-state index contributed by atoms with van der Waals surface area (Å²) in [6.45, 7) is 3.41. The molecule has 1 saturated heterocycles. The van der Waals surface area contributed by atoms with Crippen molar-refractivity contribution in [2.75, 3.05) is 13.1 Å². The van der Waals surface area contributed by atoms with Gasteiger partial charge in [-0.2, -0.15) is 0 Å². The van der Waals surface area contributed by atoms with Crippen LogP contribution in [0.4, 0.5) is 8.78 Å². The monoisotopic (exact) mass is 385 g/mol. The number of rotatable bonds is 4. The van der Waals surface area contributed by atoms with Crippen LogP contribution in [0.5, 0.6) is 0 Å². The van der Waals surface area contributed by atoms with E-state index in [1.807, 2.05) is 6.07 Å². The van der Waals surface area contributed by atoms with E-state index < -0.39 is 6.43 Å². The highest BCUT2D eigenvalue weighted by atomic mass is 19.3. The first-order valence-electron chi connectivity index (χ1n) is 9.34. The Morgan fingerprint density at radius 3 is 2.82 bits per heavy atom. The maximum absolute atomic E-state index is 13.4. The molecule has 0 spiro atoms. The molecule has 1 N–H and O–H groups in total. The molecular formula is C20H21F2N5O. The van der Waals surface area contributed by atoms with Gasteiger partial charge in [-0.25, -0.2) is 13.8 Å². The third-order valence-electron chi connectivity index (χ3n) is 5.19. The third-order valence-corrected chi connectivity index (χ3v) is 5.19. The number of halogens is 2. The molecule has 6 nitrogen and oxygen atoms in total. The molecule has 0 bridgehead atoms. The summed E-state index contributed by atoms with van der Waals surface area (Å²) in [5.41, 5.74) is 2.11. The summed E-state index contributed by atoms with van der Waals surface area (Å²) in [7, 11) is 0. The lowest BCUT2D eigenvalue weighted by Crippen LogP contribution is -2.33. The van der Waals surface area contributed by atoms with Gasteiger partial charge in [0.25, 0.3) is 12.0 Å². The highest BCUT2D eigenvalue weighted by Crippen LogP contribution is 2.26. The molecule has 1 aliphatic heterocycles. The lowest BCUT2D eigenvalue weighted by atomic mass is 9.91. The Bertz CT molecular complexity index is 1060. The number of pyridine rings is 2. The van der Waals surface area contributed by atoms with Gasteiger partial charge in [0, 0.05) is 23.5 Å². The van der Waals surface area contributed by atoms with Gasteiger partial charge in [0.2, 0.25) is 0 Å². The van der Waals surface area contributed by atoms with Crippen molar-refractivity contribution in [3.63, 3.8) is 0 Å². The molecule has 3 aromatic heterocycles. The summed E-state index contributed by atoms with van der Waals surface area (Å²) < 4.78 is 28.3. The van der Waals surface area contributed by atoms with Crippen LogP contribution in [0.2, 0.25) is 0 Å². The second-order valence-electron chi connectivity index (χ2n) is 7.08. The predicted octanol–water partition coefficient (Wildman–Crippen LogP) is 2.95. The summed E-state index contributed by atoms with van der Waals surface area (Å²) in [6.07, 6.45) is 2.15. The number of hydrogen-bond donors (Lipinski definition) is 1. The van der Waals surface area contributed by atoms with Crippen molar-refractivity contribution in [3.8, 4) is 0 Å². The average Bonchev–Trinajstić information content (AvgIpc) is 2.71. The maximum Gasteiger partial charge on any atom is 0.265 e. The molecule has 0 saturated carbocycles.